The van der Waals surface area contributed by atoms with Gasteiger partial charge in [0.2, 0.25) is 0 Å². The summed E-state index contributed by atoms with van der Waals surface area (Å²) in [6.07, 6.45) is 3.19. The molecule has 0 amide bonds. The van der Waals surface area contributed by atoms with Crippen molar-refractivity contribution in [2.75, 3.05) is 59.5 Å². The zero-order valence-electron chi connectivity index (χ0n) is 18.3. The first-order valence-electron chi connectivity index (χ1n) is 11.1. The molecule has 0 aliphatic carbocycles. The third kappa shape index (κ3) is 5.44. The van der Waals surface area contributed by atoms with Crippen molar-refractivity contribution in [3.05, 3.63) is 34.9 Å². The van der Waals surface area contributed by atoms with Crippen molar-refractivity contribution in [1.82, 2.24) is 15.1 Å². The van der Waals surface area contributed by atoms with E-state index in [4.69, 9.17) is 16.3 Å². The molecule has 0 saturated carbocycles. The van der Waals surface area contributed by atoms with Gasteiger partial charge < -0.3 is 19.9 Å². The highest BCUT2D eigenvalue weighted by Gasteiger charge is 2.37. The molecule has 2 heterocycles. The van der Waals surface area contributed by atoms with Gasteiger partial charge >= 0.3 is 0 Å². The largest absolute Gasteiger partial charge is 0.381 e. The molecule has 2 saturated heterocycles. The molecule has 162 valence electrons. The molecule has 1 aromatic rings. The zero-order chi connectivity index (χ0) is 20.7. The van der Waals surface area contributed by atoms with Crippen LogP contribution in [0.25, 0.3) is 0 Å². The predicted octanol–water partition coefficient (Wildman–Crippen LogP) is 3.63. The molecule has 6 heteroatoms. The third-order valence-electron chi connectivity index (χ3n) is 6.69. The summed E-state index contributed by atoms with van der Waals surface area (Å²) in [6, 6.07) is 8.27. The van der Waals surface area contributed by atoms with Crippen LogP contribution in [0.5, 0.6) is 0 Å². The molecule has 0 bridgehead atoms. The second kappa shape index (κ2) is 10.6. The van der Waals surface area contributed by atoms with E-state index in [0.29, 0.717) is 5.92 Å². The van der Waals surface area contributed by atoms with Crippen LogP contribution in [-0.4, -0.2) is 75.3 Å². The van der Waals surface area contributed by atoms with E-state index in [-0.39, 0.29) is 5.41 Å². The minimum Gasteiger partial charge on any atom is -0.381 e. The van der Waals surface area contributed by atoms with Crippen LogP contribution >= 0.6 is 11.6 Å². The maximum absolute atomic E-state index is 6.60. The number of ether oxygens (including phenoxy) is 1. The lowest BCUT2D eigenvalue weighted by Crippen LogP contribution is -2.49. The van der Waals surface area contributed by atoms with Crippen LogP contribution in [0.2, 0.25) is 5.02 Å². The number of likely N-dealkylation sites (tertiary alicyclic amines) is 1. The van der Waals surface area contributed by atoms with Crippen molar-refractivity contribution in [2.45, 2.75) is 38.5 Å². The summed E-state index contributed by atoms with van der Waals surface area (Å²) in [6.45, 7) is 12.5. The Morgan fingerprint density at radius 1 is 1.28 bits per heavy atom. The fourth-order valence-corrected chi connectivity index (χ4v) is 5.13. The Morgan fingerprint density at radius 2 is 2.00 bits per heavy atom. The van der Waals surface area contributed by atoms with Gasteiger partial charge in [0.05, 0.1) is 0 Å². The van der Waals surface area contributed by atoms with Crippen molar-refractivity contribution in [2.24, 2.45) is 10.9 Å². The lowest BCUT2D eigenvalue weighted by molar-refractivity contribution is 0.0512. The van der Waals surface area contributed by atoms with Crippen LogP contribution in [0.15, 0.2) is 29.3 Å². The minimum atomic E-state index is -0.00706. The third-order valence-corrected chi connectivity index (χ3v) is 7.02. The van der Waals surface area contributed by atoms with Crippen molar-refractivity contribution in [1.29, 1.82) is 0 Å². The number of halogens is 1. The first kappa shape index (κ1) is 22.4. The van der Waals surface area contributed by atoms with Crippen LogP contribution in [0, 0.1) is 5.92 Å². The number of hydrogen-bond acceptors (Lipinski definition) is 3. The maximum atomic E-state index is 6.60. The van der Waals surface area contributed by atoms with Crippen LogP contribution in [0.4, 0.5) is 0 Å². The van der Waals surface area contributed by atoms with Gasteiger partial charge in [-0.15, -0.1) is 0 Å². The van der Waals surface area contributed by atoms with E-state index in [1.807, 2.05) is 19.2 Å². The van der Waals surface area contributed by atoms with E-state index in [0.717, 1.165) is 69.8 Å². The Labute approximate surface area is 181 Å². The van der Waals surface area contributed by atoms with Gasteiger partial charge in [0.15, 0.2) is 5.96 Å². The highest BCUT2D eigenvalue weighted by molar-refractivity contribution is 6.31. The Bertz CT molecular complexity index is 671. The maximum Gasteiger partial charge on any atom is 0.193 e. The summed E-state index contributed by atoms with van der Waals surface area (Å²) in [7, 11) is 1.90. The summed E-state index contributed by atoms with van der Waals surface area (Å²) in [5, 5.41) is 4.55. The molecule has 0 spiro atoms. The molecule has 1 N–H and O–H groups in total. The van der Waals surface area contributed by atoms with Gasteiger partial charge in [0.1, 0.15) is 0 Å². The average Bonchev–Trinajstić information content (AvgIpc) is 3.22. The molecule has 1 aromatic carbocycles. The second-order valence-corrected chi connectivity index (χ2v) is 8.77. The molecule has 5 nitrogen and oxygen atoms in total. The standard InChI is InChI=1S/C23H37ClN4O/c1-4-27(5-2)16-19-10-13-28(17-19)22(25-3)26-18-23(11-14-29-15-12-23)20-8-6-7-9-21(20)24/h6-9,19H,4-5,10-18H2,1-3H3,(H,25,26). The van der Waals surface area contributed by atoms with Gasteiger partial charge in [-0.05, 0) is 49.9 Å². The van der Waals surface area contributed by atoms with Crippen LogP contribution in [-0.2, 0) is 10.2 Å². The first-order chi connectivity index (χ1) is 14.1. The monoisotopic (exact) mass is 420 g/mol. The lowest BCUT2D eigenvalue weighted by Gasteiger charge is -2.39. The number of aliphatic imine (C=N–C) groups is 1. The van der Waals surface area contributed by atoms with Crippen LogP contribution in [0.1, 0.15) is 38.7 Å². The molecular weight excluding hydrogens is 384 g/mol. The normalized spacial score (nSPS) is 22.3. The van der Waals surface area contributed by atoms with Gasteiger partial charge in [-0.1, -0.05) is 43.6 Å². The van der Waals surface area contributed by atoms with E-state index >= 15 is 0 Å². The summed E-state index contributed by atoms with van der Waals surface area (Å²) >= 11 is 6.60. The summed E-state index contributed by atoms with van der Waals surface area (Å²) < 4.78 is 5.68. The SMILES string of the molecule is CCN(CC)CC1CCN(C(=NC)NCC2(c3ccccc3Cl)CCOCC2)C1. The quantitative estimate of drug-likeness (QED) is 0.540. The molecule has 0 radical (unpaired) electrons. The first-order valence-corrected chi connectivity index (χ1v) is 11.5. The summed E-state index contributed by atoms with van der Waals surface area (Å²) in [4.78, 5) is 9.56. The van der Waals surface area contributed by atoms with Gasteiger partial charge in [-0.3, -0.25) is 4.99 Å². The Kier molecular flexibility index (Phi) is 8.22. The number of nitrogens with zero attached hydrogens (tertiary/aromatic N) is 3. The summed E-state index contributed by atoms with van der Waals surface area (Å²) in [5.41, 5.74) is 1.22. The number of nitrogens with one attached hydrogen (secondary N) is 1. The van der Waals surface area contributed by atoms with E-state index in [2.05, 4.69) is 46.1 Å². The molecule has 2 aliphatic heterocycles. The van der Waals surface area contributed by atoms with Crippen LogP contribution < -0.4 is 5.32 Å². The molecular formula is C23H37ClN4O. The second-order valence-electron chi connectivity index (χ2n) is 8.36. The predicted molar refractivity (Wildman–Crippen MR) is 122 cm³/mol. The van der Waals surface area contributed by atoms with Gasteiger partial charge in [-0.2, -0.15) is 0 Å². The van der Waals surface area contributed by atoms with Gasteiger partial charge in [0.25, 0.3) is 0 Å². The molecule has 2 fully saturated rings. The molecule has 1 atom stereocenters. The molecule has 3 rings (SSSR count). The Balaban J connectivity index is 1.65. The molecule has 0 aromatic heterocycles. The molecule has 29 heavy (non-hydrogen) atoms. The average molecular weight is 421 g/mol. The number of benzene rings is 1. The topological polar surface area (TPSA) is 40.1 Å². The van der Waals surface area contributed by atoms with Crippen molar-refractivity contribution in [3.63, 3.8) is 0 Å². The minimum absolute atomic E-state index is 0.00706. The Hall–Kier alpha value is -1.30. The highest BCUT2D eigenvalue weighted by Crippen LogP contribution is 2.38. The number of rotatable bonds is 7. The van der Waals surface area contributed by atoms with E-state index in [1.165, 1.54) is 18.5 Å². The number of guanidine groups is 1. The van der Waals surface area contributed by atoms with Crippen molar-refractivity contribution in [3.8, 4) is 0 Å². The molecule has 2 aliphatic rings. The smallest absolute Gasteiger partial charge is 0.193 e. The highest BCUT2D eigenvalue weighted by atomic mass is 35.5. The van der Waals surface area contributed by atoms with Crippen LogP contribution in [0.3, 0.4) is 0 Å². The van der Waals surface area contributed by atoms with Crippen molar-refractivity contribution >= 4 is 17.6 Å². The van der Waals surface area contributed by atoms with Gasteiger partial charge in [-0.25, -0.2) is 0 Å². The fourth-order valence-electron chi connectivity index (χ4n) is 4.80. The molecule has 1 unspecified atom stereocenters. The fraction of sp³-hybridized carbons (Fsp3) is 0.696. The summed E-state index contributed by atoms with van der Waals surface area (Å²) in [5.74, 6) is 1.74. The van der Waals surface area contributed by atoms with E-state index in [1.54, 1.807) is 0 Å². The Morgan fingerprint density at radius 3 is 2.66 bits per heavy atom. The van der Waals surface area contributed by atoms with E-state index < -0.39 is 0 Å². The lowest BCUT2D eigenvalue weighted by atomic mass is 9.74. The van der Waals surface area contributed by atoms with Crippen molar-refractivity contribution < 1.29 is 4.74 Å². The van der Waals surface area contributed by atoms with E-state index in [9.17, 15) is 0 Å². The zero-order valence-corrected chi connectivity index (χ0v) is 19.0. The number of hydrogen-bond donors (Lipinski definition) is 1. The van der Waals surface area contributed by atoms with Gasteiger partial charge in [0, 0.05) is 56.9 Å².